The molecule has 1 aliphatic rings. The smallest absolute Gasteiger partial charge is 0.445 e. The summed E-state index contributed by atoms with van der Waals surface area (Å²) in [6.45, 7) is 0.409. The molecule has 0 spiro atoms. The fraction of sp³-hybridized carbons (Fsp3) is 0.212. The maximum Gasteiger partial charge on any atom is 0.453 e. The number of ether oxygens (including phenoxy) is 1. The number of para-hydroxylation sites is 2. The number of benzene rings is 4. The standard InChI is InChI=1S/C33H33N2O6P/c36-32(30(24-26-14-5-1-6-15-26)34-33(37)39-25-27-16-7-2-8-17-27)35-23-13-22-31(35)42(38,40-28-18-9-3-10-19-28)41-29-20-11-4-12-21-29/h1-12,14-21,30-31H,13,22-25H2,(H,34,37)/t30-,31?/m0/s1. The molecule has 5 rings (SSSR count). The number of rotatable bonds is 11. The molecule has 4 aromatic rings. The summed E-state index contributed by atoms with van der Waals surface area (Å²) < 4.78 is 32.1. The highest BCUT2D eigenvalue weighted by atomic mass is 31.2. The van der Waals surface area contributed by atoms with Crippen LogP contribution in [0.4, 0.5) is 4.79 Å². The van der Waals surface area contributed by atoms with Crippen LogP contribution < -0.4 is 14.4 Å². The molecule has 42 heavy (non-hydrogen) atoms. The number of likely N-dealkylation sites (tertiary alicyclic amines) is 1. The van der Waals surface area contributed by atoms with Gasteiger partial charge in [0.05, 0.1) is 0 Å². The van der Waals surface area contributed by atoms with Crippen LogP contribution in [0.15, 0.2) is 121 Å². The van der Waals surface area contributed by atoms with E-state index in [9.17, 15) is 14.2 Å². The number of nitrogens with zero attached hydrogens (tertiary/aromatic N) is 1. The maximum absolute atomic E-state index is 14.6. The molecule has 1 fully saturated rings. The van der Waals surface area contributed by atoms with Crippen molar-refractivity contribution in [3.63, 3.8) is 0 Å². The molecular weight excluding hydrogens is 551 g/mol. The number of alkyl carbamates (subject to hydrolysis) is 1. The minimum absolute atomic E-state index is 0.0658. The third kappa shape index (κ3) is 7.59. The van der Waals surface area contributed by atoms with Crippen molar-refractivity contribution in [1.82, 2.24) is 10.2 Å². The number of carbonyl (C=O) groups excluding carboxylic acids is 2. The largest absolute Gasteiger partial charge is 0.453 e. The lowest BCUT2D eigenvalue weighted by atomic mass is 10.1. The van der Waals surface area contributed by atoms with Crippen molar-refractivity contribution in [2.45, 2.75) is 37.7 Å². The van der Waals surface area contributed by atoms with Crippen molar-refractivity contribution in [2.24, 2.45) is 0 Å². The zero-order valence-corrected chi connectivity index (χ0v) is 24.0. The second kappa shape index (κ2) is 13.9. The van der Waals surface area contributed by atoms with Crippen molar-refractivity contribution < 1.29 is 27.9 Å². The number of carbonyl (C=O) groups is 2. The Bertz CT molecular complexity index is 1440. The van der Waals surface area contributed by atoms with Gasteiger partial charge in [0, 0.05) is 13.0 Å². The Kier molecular flexibility index (Phi) is 9.57. The van der Waals surface area contributed by atoms with Gasteiger partial charge in [-0.05, 0) is 48.2 Å². The topological polar surface area (TPSA) is 94.2 Å². The second-order valence-corrected chi connectivity index (χ2v) is 12.0. The predicted octanol–water partition coefficient (Wildman–Crippen LogP) is 6.82. The highest BCUT2D eigenvalue weighted by Crippen LogP contribution is 2.57. The Morgan fingerprint density at radius 3 is 1.81 bits per heavy atom. The van der Waals surface area contributed by atoms with Gasteiger partial charge >= 0.3 is 13.7 Å². The van der Waals surface area contributed by atoms with Crippen LogP contribution in [0.2, 0.25) is 0 Å². The molecule has 4 aromatic carbocycles. The van der Waals surface area contributed by atoms with E-state index in [0.717, 1.165) is 11.1 Å². The first kappa shape index (κ1) is 29.0. The molecule has 2 atom stereocenters. The molecule has 0 saturated carbocycles. The molecule has 1 aliphatic heterocycles. The fourth-order valence-corrected chi connectivity index (χ4v) is 7.07. The molecule has 2 amide bonds. The number of hydrogen-bond donors (Lipinski definition) is 1. The summed E-state index contributed by atoms with van der Waals surface area (Å²) in [4.78, 5) is 28.6. The van der Waals surface area contributed by atoms with Crippen LogP contribution >= 0.6 is 7.60 Å². The lowest BCUT2D eigenvalue weighted by Crippen LogP contribution is -2.51. The van der Waals surface area contributed by atoms with Crippen molar-refractivity contribution in [2.75, 3.05) is 6.54 Å². The monoisotopic (exact) mass is 584 g/mol. The first-order valence-corrected chi connectivity index (χ1v) is 15.5. The zero-order chi connectivity index (χ0) is 29.2. The van der Waals surface area contributed by atoms with Gasteiger partial charge in [-0.2, -0.15) is 0 Å². The highest BCUT2D eigenvalue weighted by molar-refractivity contribution is 7.55. The van der Waals surface area contributed by atoms with Gasteiger partial charge in [0.25, 0.3) is 0 Å². The lowest BCUT2D eigenvalue weighted by molar-refractivity contribution is -0.133. The zero-order valence-electron chi connectivity index (χ0n) is 23.1. The second-order valence-electron chi connectivity index (χ2n) is 9.95. The van der Waals surface area contributed by atoms with E-state index < -0.39 is 25.5 Å². The van der Waals surface area contributed by atoms with Crippen LogP contribution in [0, 0.1) is 0 Å². The average Bonchev–Trinajstić information content (AvgIpc) is 3.53. The Balaban J connectivity index is 1.39. The first-order chi connectivity index (χ1) is 20.5. The van der Waals surface area contributed by atoms with Gasteiger partial charge < -0.3 is 24.0 Å². The minimum atomic E-state index is -3.97. The Morgan fingerprint density at radius 1 is 0.762 bits per heavy atom. The molecule has 216 valence electrons. The van der Waals surface area contributed by atoms with E-state index >= 15 is 0 Å². The summed E-state index contributed by atoms with van der Waals surface area (Å²) in [6, 6.07) is 35.3. The molecular formula is C33H33N2O6P. The summed E-state index contributed by atoms with van der Waals surface area (Å²) in [5, 5.41) is 2.76. The summed E-state index contributed by atoms with van der Waals surface area (Å²) >= 11 is 0. The van der Waals surface area contributed by atoms with Crippen molar-refractivity contribution in [1.29, 1.82) is 0 Å². The Hall–Kier alpha value is -4.55. The summed E-state index contributed by atoms with van der Waals surface area (Å²) in [6.07, 6.45) is 0.534. The van der Waals surface area contributed by atoms with Crippen molar-refractivity contribution in [3.05, 3.63) is 132 Å². The van der Waals surface area contributed by atoms with Crippen LogP contribution in [0.3, 0.4) is 0 Å². The van der Waals surface area contributed by atoms with Crippen LogP contribution in [0.25, 0.3) is 0 Å². The quantitative estimate of drug-likeness (QED) is 0.194. The van der Waals surface area contributed by atoms with Gasteiger partial charge in [-0.3, -0.25) is 4.79 Å². The van der Waals surface area contributed by atoms with E-state index in [0.29, 0.717) is 30.9 Å². The van der Waals surface area contributed by atoms with E-state index in [2.05, 4.69) is 5.32 Å². The molecule has 1 heterocycles. The van der Waals surface area contributed by atoms with Gasteiger partial charge in [-0.15, -0.1) is 0 Å². The van der Waals surface area contributed by atoms with Crippen LogP contribution in [-0.4, -0.2) is 35.3 Å². The van der Waals surface area contributed by atoms with Crippen molar-refractivity contribution in [3.8, 4) is 11.5 Å². The number of hydrogen-bond acceptors (Lipinski definition) is 6. The predicted molar refractivity (Wildman–Crippen MR) is 160 cm³/mol. The van der Waals surface area contributed by atoms with E-state index in [1.807, 2.05) is 72.8 Å². The number of amides is 2. The van der Waals surface area contributed by atoms with Crippen molar-refractivity contribution >= 4 is 19.6 Å². The van der Waals surface area contributed by atoms with E-state index in [1.54, 1.807) is 48.5 Å². The van der Waals surface area contributed by atoms with E-state index in [4.69, 9.17) is 13.8 Å². The first-order valence-electron chi connectivity index (χ1n) is 13.9. The SMILES string of the molecule is O=C(N[C@@H](Cc1ccccc1)C(=O)N1CCCC1P(=O)(Oc1ccccc1)Oc1ccccc1)OCc1ccccc1. The van der Waals surface area contributed by atoms with E-state index in [-0.39, 0.29) is 18.9 Å². The molecule has 1 N–H and O–H groups in total. The van der Waals surface area contributed by atoms with Gasteiger partial charge in [-0.25, -0.2) is 9.36 Å². The minimum Gasteiger partial charge on any atom is -0.445 e. The van der Waals surface area contributed by atoms with Gasteiger partial charge in [0.15, 0.2) is 5.78 Å². The normalized spacial score (nSPS) is 15.4. The Labute approximate surface area is 245 Å². The third-order valence-electron chi connectivity index (χ3n) is 6.91. The summed E-state index contributed by atoms with van der Waals surface area (Å²) in [7, 11) is -3.97. The maximum atomic E-state index is 14.6. The molecule has 1 saturated heterocycles. The molecule has 0 radical (unpaired) electrons. The number of nitrogens with one attached hydrogen (secondary N) is 1. The van der Waals surface area contributed by atoms with Gasteiger partial charge in [0.1, 0.15) is 24.1 Å². The molecule has 1 unspecified atom stereocenters. The molecule has 0 aromatic heterocycles. The third-order valence-corrected chi connectivity index (χ3v) is 9.10. The van der Waals surface area contributed by atoms with E-state index in [1.165, 1.54) is 4.90 Å². The fourth-order valence-electron chi connectivity index (χ4n) is 4.89. The van der Waals surface area contributed by atoms with Gasteiger partial charge in [0.2, 0.25) is 5.91 Å². The average molecular weight is 585 g/mol. The van der Waals surface area contributed by atoms with Gasteiger partial charge in [-0.1, -0.05) is 97.1 Å². The summed E-state index contributed by atoms with van der Waals surface area (Å²) in [5.41, 5.74) is 1.69. The molecule has 0 aliphatic carbocycles. The Morgan fingerprint density at radius 2 is 1.26 bits per heavy atom. The van der Waals surface area contributed by atoms with Crippen LogP contribution in [-0.2, 0) is 27.1 Å². The van der Waals surface area contributed by atoms with Crippen LogP contribution in [0.5, 0.6) is 11.5 Å². The van der Waals surface area contributed by atoms with Crippen LogP contribution in [0.1, 0.15) is 24.0 Å². The molecule has 9 heteroatoms. The summed E-state index contributed by atoms with van der Waals surface area (Å²) in [5.74, 6) is -0.489. The highest BCUT2D eigenvalue weighted by Gasteiger charge is 2.49. The molecule has 0 bridgehead atoms. The molecule has 8 nitrogen and oxygen atoms in total. The lowest BCUT2D eigenvalue weighted by Gasteiger charge is -2.33.